The van der Waals surface area contributed by atoms with Crippen molar-refractivity contribution in [2.24, 2.45) is 0 Å². The maximum Gasteiger partial charge on any atom is 0.193 e. The summed E-state index contributed by atoms with van der Waals surface area (Å²) in [6.45, 7) is 0. The van der Waals surface area contributed by atoms with Gasteiger partial charge in [-0.15, -0.1) is 0 Å². The molecule has 0 amide bonds. The van der Waals surface area contributed by atoms with Gasteiger partial charge in [0.2, 0.25) is 0 Å². The Bertz CT molecular complexity index is 255. The zero-order valence-corrected chi connectivity index (χ0v) is 9.02. The first kappa shape index (κ1) is 11.1. The van der Waals surface area contributed by atoms with E-state index in [9.17, 15) is 5.11 Å². The summed E-state index contributed by atoms with van der Waals surface area (Å²) in [7, 11) is 0. The lowest BCUT2D eigenvalue weighted by atomic mass is 10.1. The number of hydrogen-bond donors (Lipinski definition) is 1. The van der Waals surface area contributed by atoms with Crippen molar-refractivity contribution in [1.82, 2.24) is 0 Å². The standard InChI is InChI=1S/C9H9Cl3O/c10-9(11,12)6-8(13)7-4-2-1-3-5-7/h1-5,8,13H,6H2. The Labute approximate surface area is 92.2 Å². The third-order valence-electron chi connectivity index (χ3n) is 1.61. The van der Waals surface area contributed by atoms with Crippen molar-refractivity contribution in [2.45, 2.75) is 16.3 Å². The smallest absolute Gasteiger partial charge is 0.193 e. The monoisotopic (exact) mass is 238 g/mol. The van der Waals surface area contributed by atoms with Crippen LogP contribution >= 0.6 is 34.8 Å². The summed E-state index contributed by atoms with van der Waals surface area (Å²) in [5.74, 6) is 0. The quantitative estimate of drug-likeness (QED) is 0.784. The van der Waals surface area contributed by atoms with Gasteiger partial charge in [0.25, 0.3) is 0 Å². The fourth-order valence-electron chi connectivity index (χ4n) is 1.01. The van der Waals surface area contributed by atoms with E-state index in [1.165, 1.54) is 0 Å². The highest BCUT2D eigenvalue weighted by Gasteiger charge is 2.24. The fraction of sp³-hybridized carbons (Fsp3) is 0.333. The maximum absolute atomic E-state index is 9.60. The number of hydrogen-bond acceptors (Lipinski definition) is 1. The maximum atomic E-state index is 9.60. The summed E-state index contributed by atoms with van der Waals surface area (Å²) in [5, 5.41) is 9.60. The number of benzene rings is 1. The Morgan fingerprint density at radius 2 is 1.69 bits per heavy atom. The van der Waals surface area contributed by atoms with E-state index in [0.717, 1.165) is 5.56 Å². The molecule has 1 aromatic carbocycles. The number of aliphatic hydroxyl groups excluding tert-OH is 1. The van der Waals surface area contributed by atoms with Crippen LogP contribution in [0.15, 0.2) is 30.3 Å². The molecule has 72 valence electrons. The Kier molecular flexibility index (Phi) is 3.87. The van der Waals surface area contributed by atoms with Gasteiger partial charge in [-0.05, 0) is 5.56 Å². The Hall–Kier alpha value is 0.0500. The van der Waals surface area contributed by atoms with Crippen molar-refractivity contribution in [3.8, 4) is 0 Å². The summed E-state index contributed by atoms with van der Waals surface area (Å²) in [5.41, 5.74) is 0.758. The molecule has 13 heavy (non-hydrogen) atoms. The molecule has 1 rings (SSSR count). The second-order valence-electron chi connectivity index (χ2n) is 2.75. The lowest BCUT2D eigenvalue weighted by molar-refractivity contribution is 0.169. The summed E-state index contributed by atoms with van der Waals surface area (Å²) >= 11 is 16.6. The van der Waals surface area contributed by atoms with Crippen LogP contribution in [0.5, 0.6) is 0 Å². The van der Waals surface area contributed by atoms with Gasteiger partial charge in [0.05, 0.1) is 6.10 Å². The molecule has 0 saturated carbocycles. The molecule has 4 heteroatoms. The second-order valence-corrected chi connectivity index (χ2v) is 5.26. The Morgan fingerprint density at radius 3 is 2.15 bits per heavy atom. The zero-order chi connectivity index (χ0) is 9.90. The van der Waals surface area contributed by atoms with Crippen molar-refractivity contribution in [1.29, 1.82) is 0 Å². The van der Waals surface area contributed by atoms with Crippen molar-refractivity contribution in [2.75, 3.05) is 0 Å². The molecular formula is C9H9Cl3O. The van der Waals surface area contributed by atoms with Crippen LogP contribution in [0.1, 0.15) is 18.1 Å². The van der Waals surface area contributed by atoms with Crippen molar-refractivity contribution < 1.29 is 5.11 Å². The number of aliphatic hydroxyl groups is 1. The van der Waals surface area contributed by atoms with E-state index in [1.54, 1.807) is 12.1 Å². The van der Waals surface area contributed by atoms with Gasteiger partial charge in [-0.3, -0.25) is 0 Å². The molecule has 0 fully saturated rings. The van der Waals surface area contributed by atoms with Crippen LogP contribution in [-0.4, -0.2) is 8.90 Å². The molecule has 0 aliphatic rings. The second kappa shape index (κ2) is 4.52. The van der Waals surface area contributed by atoms with Gasteiger partial charge in [-0.25, -0.2) is 0 Å². The van der Waals surface area contributed by atoms with Crippen LogP contribution < -0.4 is 0 Å². The van der Waals surface area contributed by atoms with Crippen molar-refractivity contribution in [3.05, 3.63) is 35.9 Å². The van der Waals surface area contributed by atoms with E-state index >= 15 is 0 Å². The van der Waals surface area contributed by atoms with E-state index in [0.29, 0.717) is 0 Å². The zero-order valence-electron chi connectivity index (χ0n) is 6.75. The molecule has 0 radical (unpaired) electrons. The molecule has 1 atom stereocenters. The first-order valence-electron chi connectivity index (χ1n) is 3.79. The Morgan fingerprint density at radius 1 is 1.15 bits per heavy atom. The van der Waals surface area contributed by atoms with Crippen LogP contribution in [0.3, 0.4) is 0 Å². The predicted molar refractivity (Wildman–Crippen MR) is 56.3 cm³/mol. The lowest BCUT2D eigenvalue weighted by Gasteiger charge is -2.16. The molecule has 0 aliphatic carbocycles. The molecule has 0 aliphatic heterocycles. The first-order chi connectivity index (χ1) is 5.99. The number of rotatable bonds is 2. The summed E-state index contributed by atoms with van der Waals surface area (Å²) < 4.78 is -1.41. The van der Waals surface area contributed by atoms with E-state index in [-0.39, 0.29) is 6.42 Å². The highest BCUT2D eigenvalue weighted by Crippen LogP contribution is 2.35. The third-order valence-corrected chi connectivity index (χ3v) is 2.07. The molecule has 0 aromatic heterocycles. The third kappa shape index (κ3) is 4.19. The molecule has 1 N–H and O–H groups in total. The van der Waals surface area contributed by atoms with Crippen molar-refractivity contribution in [3.63, 3.8) is 0 Å². The minimum Gasteiger partial charge on any atom is -0.388 e. The normalized spacial score (nSPS) is 14.2. The SMILES string of the molecule is OC(CC(Cl)(Cl)Cl)c1ccccc1. The van der Waals surface area contributed by atoms with Gasteiger partial charge < -0.3 is 5.11 Å². The molecular weight excluding hydrogens is 230 g/mol. The van der Waals surface area contributed by atoms with Crippen LogP contribution in [0.4, 0.5) is 0 Å². The van der Waals surface area contributed by atoms with Crippen molar-refractivity contribution >= 4 is 34.8 Å². The largest absolute Gasteiger partial charge is 0.388 e. The predicted octanol–water partition coefficient (Wildman–Crippen LogP) is 3.48. The van der Waals surface area contributed by atoms with Gasteiger partial charge in [0.1, 0.15) is 0 Å². The molecule has 1 unspecified atom stereocenters. The first-order valence-corrected chi connectivity index (χ1v) is 4.92. The Balaban J connectivity index is 2.64. The molecule has 0 saturated heterocycles. The number of halogens is 3. The van der Waals surface area contributed by atoms with E-state index in [4.69, 9.17) is 34.8 Å². The molecule has 1 nitrogen and oxygen atoms in total. The van der Waals surface area contributed by atoms with Crippen LogP contribution in [0.2, 0.25) is 0 Å². The van der Waals surface area contributed by atoms with Gasteiger partial charge in [0, 0.05) is 6.42 Å². The average Bonchev–Trinajstić information content (AvgIpc) is 2.03. The summed E-state index contributed by atoms with van der Waals surface area (Å²) in [6.07, 6.45) is -0.629. The lowest BCUT2D eigenvalue weighted by Crippen LogP contribution is -2.09. The topological polar surface area (TPSA) is 20.2 Å². The summed E-state index contributed by atoms with van der Waals surface area (Å²) in [6, 6.07) is 9.11. The highest BCUT2D eigenvalue weighted by atomic mass is 35.6. The van der Waals surface area contributed by atoms with E-state index in [1.807, 2.05) is 18.2 Å². The van der Waals surface area contributed by atoms with Crippen LogP contribution in [0.25, 0.3) is 0 Å². The highest BCUT2D eigenvalue weighted by molar-refractivity contribution is 6.67. The molecule has 1 aromatic rings. The minimum atomic E-state index is -1.41. The summed E-state index contributed by atoms with van der Waals surface area (Å²) in [4.78, 5) is 0. The average molecular weight is 240 g/mol. The van der Waals surface area contributed by atoms with E-state index in [2.05, 4.69) is 0 Å². The van der Waals surface area contributed by atoms with Crippen LogP contribution in [0, 0.1) is 0 Å². The molecule has 0 bridgehead atoms. The number of alkyl halides is 3. The minimum absolute atomic E-state index is 0.0989. The van der Waals surface area contributed by atoms with Gasteiger partial charge in [-0.2, -0.15) is 0 Å². The van der Waals surface area contributed by atoms with E-state index < -0.39 is 9.90 Å². The molecule has 0 spiro atoms. The fourth-order valence-corrected chi connectivity index (χ4v) is 1.45. The molecule has 0 heterocycles. The van der Waals surface area contributed by atoms with Crippen LogP contribution in [-0.2, 0) is 0 Å². The van der Waals surface area contributed by atoms with Gasteiger partial charge in [0.15, 0.2) is 3.79 Å². The van der Waals surface area contributed by atoms with Gasteiger partial charge in [-0.1, -0.05) is 65.1 Å². The van der Waals surface area contributed by atoms with Gasteiger partial charge >= 0.3 is 0 Å².